The summed E-state index contributed by atoms with van der Waals surface area (Å²) in [5.74, 6) is 1.000. The van der Waals surface area contributed by atoms with Gasteiger partial charge < -0.3 is 4.74 Å². The normalized spacial score (nSPS) is 29.1. The van der Waals surface area contributed by atoms with Crippen LogP contribution in [0, 0.1) is 16.7 Å². The van der Waals surface area contributed by atoms with Gasteiger partial charge in [0.15, 0.2) is 5.78 Å². The SMILES string of the molecule is CC(C)c1ccc(OC(=O)C23CCC(C2)C(C)(C)C3=O)cc1. The first-order valence-electron chi connectivity index (χ1n) is 8.14. The first-order valence-corrected chi connectivity index (χ1v) is 8.14. The summed E-state index contributed by atoms with van der Waals surface area (Å²) in [6, 6.07) is 7.59. The van der Waals surface area contributed by atoms with Gasteiger partial charge in [-0.15, -0.1) is 0 Å². The van der Waals surface area contributed by atoms with E-state index in [-0.39, 0.29) is 11.8 Å². The molecular formula is C19H24O3. The molecule has 1 aromatic rings. The summed E-state index contributed by atoms with van der Waals surface area (Å²) in [6.07, 6.45) is 2.24. The van der Waals surface area contributed by atoms with Crippen LogP contribution in [0.15, 0.2) is 24.3 Å². The molecule has 2 saturated carbocycles. The minimum Gasteiger partial charge on any atom is -0.426 e. The number of rotatable bonds is 3. The average molecular weight is 300 g/mol. The molecule has 2 bridgehead atoms. The molecule has 0 amide bonds. The van der Waals surface area contributed by atoms with Crippen LogP contribution in [0.25, 0.3) is 0 Å². The summed E-state index contributed by atoms with van der Waals surface area (Å²) in [7, 11) is 0. The molecule has 0 radical (unpaired) electrons. The van der Waals surface area contributed by atoms with Gasteiger partial charge in [0, 0.05) is 5.41 Å². The molecule has 2 aliphatic carbocycles. The van der Waals surface area contributed by atoms with E-state index < -0.39 is 10.8 Å². The van der Waals surface area contributed by atoms with E-state index in [1.807, 2.05) is 38.1 Å². The Morgan fingerprint density at radius 3 is 2.36 bits per heavy atom. The molecule has 1 aromatic carbocycles. The molecule has 0 heterocycles. The molecule has 0 N–H and O–H groups in total. The number of hydrogen-bond donors (Lipinski definition) is 0. The van der Waals surface area contributed by atoms with Crippen molar-refractivity contribution < 1.29 is 14.3 Å². The maximum Gasteiger partial charge on any atom is 0.325 e. The zero-order valence-electron chi connectivity index (χ0n) is 13.8. The molecule has 118 valence electrons. The van der Waals surface area contributed by atoms with Crippen molar-refractivity contribution in [3.05, 3.63) is 29.8 Å². The van der Waals surface area contributed by atoms with Gasteiger partial charge in [0.25, 0.3) is 0 Å². The van der Waals surface area contributed by atoms with Crippen molar-refractivity contribution in [3.8, 4) is 5.75 Å². The monoisotopic (exact) mass is 300 g/mol. The van der Waals surface area contributed by atoms with E-state index in [0.29, 0.717) is 30.4 Å². The Balaban J connectivity index is 1.79. The van der Waals surface area contributed by atoms with Gasteiger partial charge in [0.2, 0.25) is 0 Å². The van der Waals surface area contributed by atoms with Gasteiger partial charge >= 0.3 is 5.97 Å². The molecule has 0 aromatic heterocycles. The molecular weight excluding hydrogens is 276 g/mol. The highest BCUT2D eigenvalue weighted by Crippen LogP contribution is 2.60. The predicted octanol–water partition coefficient (Wildman–Crippen LogP) is 4.11. The number of Topliss-reactive ketones (excluding diaryl/α,β-unsaturated/α-hetero) is 1. The fourth-order valence-corrected chi connectivity index (χ4v) is 4.07. The lowest BCUT2D eigenvalue weighted by Gasteiger charge is -2.31. The summed E-state index contributed by atoms with van der Waals surface area (Å²) in [5.41, 5.74) is -0.0825. The maximum absolute atomic E-state index is 12.7. The lowest BCUT2D eigenvalue weighted by Crippen LogP contribution is -2.43. The van der Waals surface area contributed by atoms with E-state index in [1.54, 1.807) is 0 Å². The number of ketones is 1. The van der Waals surface area contributed by atoms with E-state index >= 15 is 0 Å². The number of fused-ring (bicyclic) bond motifs is 2. The summed E-state index contributed by atoms with van der Waals surface area (Å²) < 4.78 is 5.56. The minimum absolute atomic E-state index is 0.0695. The van der Waals surface area contributed by atoms with Gasteiger partial charge in [-0.3, -0.25) is 9.59 Å². The van der Waals surface area contributed by atoms with Gasteiger partial charge in [0.05, 0.1) is 0 Å². The molecule has 22 heavy (non-hydrogen) atoms. The molecule has 0 saturated heterocycles. The number of hydrogen-bond acceptors (Lipinski definition) is 3. The van der Waals surface area contributed by atoms with Crippen molar-refractivity contribution >= 4 is 11.8 Å². The highest BCUT2D eigenvalue weighted by molar-refractivity contribution is 6.09. The Kier molecular flexibility index (Phi) is 3.42. The molecule has 2 aliphatic rings. The summed E-state index contributed by atoms with van der Waals surface area (Å²) in [6.45, 7) is 8.17. The summed E-state index contributed by atoms with van der Waals surface area (Å²) >= 11 is 0. The lowest BCUT2D eigenvalue weighted by atomic mass is 9.71. The van der Waals surface area contributed by atoms with E-state index in [9.17, 15) is 9.59 Å². The van der Waals surface area contributed by atoms with Crippen LogP contribution < -0.4 is 4.74 Å². The Hall–Kier alpha value is -1.64. The molecule has 2 fully saturated rings. The molecule has 2 unspecified atom stereocenters. The Morgan fingerprint density at radius 2 is 1.86 bits per heavy atom. The second-order valence-corrected chi connectivity index (χ2v) is 7.69. The third-order valence-electron chi connectivity index (χ3n) is 5.70. The van der Waals surface area contributed by atoms with Gasteiger partial charge in [-0.1, -0.05) is 39.8 Å². The zero-order valence-corrected chi connectivity index (χ0v) is 13.8. The van der Waals surface area contributed by atoms with Crippen LogP contribution >= 0.6 is 0 Å². The van der Waals surface area contributed by atoms with Crippen molar-refractivity contribution in [3.63, 3.8) is 0 Å². The predicted molar refractivity (Wildman–Crippen MR) is 84.7 cm³/mol. The Morgan fingerprint density at radius 1 is 1.23 bits per heavy atom. The minimum atomic E-state index is -0.898. The zero-order chi connectivity index (χ0) is 16.1. The van der Waals surface area contributed by atoms with Crippen LogP contribution in [-0.2, 0) is 9.59 Å². The molecule has 3 heteroatoms. The van der Waals surface area contributed by atoms with Crippen LogP contribution in [0.1, 0.15) is 58.4 Å². The largest absolute Gasteiger partial charge is 0.426 e. The standard InChI is InChI=1S/C19H24O3/c1-12(2)13-5-7-15(8-6-13)22-17(21)19-10-9-14(11-19)18(3,4)16(19)20/h5-8,12,14H,9-11H2,1-4H3. The highest BCUT2D eigenvalue weighted by atomic mass is 16.5. The third-order valence-corrected chi connectivity index (χ3v) is 5.70. The molecule has 2 atom stereocenters. The van der Waals surface area contributed by atoms with Crippen LogP contribution in [0.3, 0.4) is 0 Å². The van der Waals surface area contributed by atoms with Gasteiger partial charge in [-0.2, -0.15) is 0 Å². The Labute approximate surface area is 132 Å². The van der Waals surface area contributed by atoms with Crippen molar-refractivity contribution in [2.45, 2.75) is 52.9 Å². The number of ether oxygens (including phenoxy) is 1. The molecule has 0 spiro atoms. The van der Waals surface area contributed by atoms with Crippen molar-refractivity contribution in [1.82, 2.24) is 0 Å². The van der Waals surface area contributed by atoms with E-state index in [0.717, 1.165) is 6.42 Å². The third kappa shape index (κ3) is 2.10. The van der Waals surface area contributed by atoms with E-state index in [4.69, 9.17) is 4.74 Å². The van der Waals surface area contributed by atoms with Gasteiger partial charge in [-0.25, -0.2) is 0 Å². The molecule has 3 rings (SSSR count). The van der Waals surface area contributed by atoms with E-state index in [2.05, 4.69) is 13.8 Å². The fourth-order valence-electron chi connectivity index (χ4n) is 4.07. The number of carbonyl (C=O) groups is 2. The smallest absolute Gasteiger partial charge is 0.325 e. The first-order chi connectivity index (χ1) is 10.3. The lowest BCUT2D eigenvalue weighted by molar-refractivity contribution is -0.153. The first kappa shape index (κ1) is 15.3. The molecule has 3 nitrogen and oxygen atoms in total. The maximum atomic E-state index is 12.7. The average Bonchev–Trinajstić information content (AvgIpc) is 3.00. The van der Waals surface area contributed by atoms with Crippen LogP contribution in [-0.4, -0.2) is 11.8 Å². The van der Waals surface area contributed by atoms with Crippen LogP contribution in [0.4, 0.5) is 0 Å². The second-order valence-electron chi connectivity index (χ2n) is 7.69. The van der Waals surface area contributed by atoms with Crippen molar-refractivity contribution in [2.75, 3.05) is 0 Å². The van der Waals surface area contributed by atoms with Crippen molar-refractivity contribution in [2.24, 2.45) is 16.7 Å². The second kappa shape index (κ2) is 4.94. The summed E-state index contributed by atoms with van der Waals surface area (Å²) in [4.78, 5) is 25.4. The Bertz CT molecular complexity index is 612. The molecule has 0 aliphatic heterocycles. The van der Waals surface area contributed by atoms with Gasteiger partial charge in [-0.05, 0) is 48.8 Å². The number of esters is 1. The fraction of sp³-hybridized carbons (Fsp3) is 0.579. The van der Waals surface area contributed by atoms with E-state index in [1.165, 1.54) is 5.56 Å². The van der Waals surface area contributed by atoms with Crippen LogP contribution in [0.2, 0.25) is 0 Å². The van der Waals surface area contributed by atoms with Crippen molar-refractivity contribution in [1.29, 1.82) is 0 Å². The highest BCUT2D eigenvalue weighted by Gasteiger charge is 2.66. The van der Waals surface area contributed by atoms with Crippen LogP contribution in [0.5, 0.6) is 5.75 Å². The number of carbonyl (C=O) groups excluding carboxylic acids is 2. The van der Waals surface area contributed by atoms with Gasteiger partial charge in [0.1, 0.15) is 11.2 Å². The summed E-state index contributed by atoms with van der Waals surface area (Å²) in [5, 5.41) is 0. The number of benzene rings is 1. The topological polar surface area (TPSA) is 43.4 Å². The quantitative estimate of drug-likeness (QED) is 0.479.